The molecule has 1 aliphatic rings. The number of carbonyl (C=O) groups is 1. The molecule has 3 rings (SSSR count). The van der Waals surface area contributed by atoms with Crippen molar-refractivity contribution in [1.29, 1.82) is 0 Å². The molecule has 1 aliphatic heterocycles. The van der Waals surface area contributed by atoms with Gasteiger partial charge in [-0.15, -0.1) is 0 Å². The van der Waals surface area contributed by atoms with Crippen LogP contribution in [0.15, 0.2) is 53.4 Å². The first-order valence-corrected chi connectivity index (χ1v) is 10.5. The predicted octanol–water partition coefficient (Wildman–Crippen LogP) is 2.64. The van der Waals surface area contributed by atoms with Crippen molar-refractivity contribution in [2.24, 2.45) is 5.92 Å². The van der Waals surface area contributed by atoms with Crippen LogP contribution in [0.3, 0.4) is 0 Å². The van der Waals surface area contributed by atoms with Crippen molar-refractivity contribution in [3.8, 4) is 5.75 Å². The predicted molar refractivity (Wildman–Crippen MR) is 106 cm³/mol. The van der Waals surface area contributed by atoms with Gasteiger partial charge in [0.05, 0.1) is 34.6 Å². The average molecular weight is 419 g/mol. The van der Waals surface area contributed by atoms with Crippen LogP contribution in [0, 0.1) is 16.0 Å². The minimum absolute atomic E-state index is 0.0678. The Balaban J connectivity index is 1.74. The van der Waals surface area contributed by atoms with Crippen molar-refractivity contribution < 1.29 is 22.9 Å². The second-order valence-corrected chi connectivity index (χ2v) is 8.58. The average Bonchev–Trinajstić information content (AvgIpc) is 2.74. The van der Waals surface area contributed by atoms with E-state index in [1.54, 1.807) is 18.2 Å². The number of piperidine rings is 1. The second kappa shape index (κ2) is 8.58. The highest BCUT2D eigenvalue weighted by Gasteiger charge is 2.33. The molecule has 1 unspecified atom stereocenters. The molecule has 1 N–H and O–H groups in total. The number of hydrogen-bond donors (Lipinski definition) is 1. The maximum atomic E-state index is 12.8. The molecule has 0 spiro atoms. The van der Waals surface area contributed by atoms with Crippen LogP contribution in [0.2, 0.25) is 0 Å². The molecule has 2 aromatic rings. The Bertz CT molecular complexity index is 1010. The number of methoxy groups -OCH3 is 1. The third-order valence-corrected chi connectivity index (χ3v) is 6.67. The van der Waals surface area contributed by atoms with Crippen LogP contribution in [-0.2, 0) is 14.8 Å². The molecular weight excluding hydrogens is 398 g/mol. The number of nitro groups is 1. The molecule has 9 nitrogen and oxygen atoms in total. The Hall–Kier alpha value is -2.98. The van der Waals surface area contributed by atoms with Gasteiger partial charge < -0.3 is 10.1 Å². The van der Waals surface area contributed by atoms with Crippen LogP contribution in [0.25, 0.3) is 0 Å². The van der Waals surface area contributed by atoms with E-state index in [1.165, 1.54) is 41.7 Å². The topological polar surface area (TPSA) is 119 Å². The Kier molecular flexibility index (Phi) is 6.14. The standard InChI is InChI=1S/C19H21N3O6S/c1-28-18-12-15(22(24)25)9-10-17(18)20-19(23)14-6-5-11-21(13-14)29(26,27)16-7-3-2-4-8-16/h2-4,7-10,12,14H,5-6,11,13H2,1H3,(H,20,23). The summed E-state index contributed by atoms with van der Waals surface area (Å²) in [6.45, 7) is 0.417. The van der Waals surface area contributed by atoms with Crippen molar-refractivity contribution in [1.82, 2.24) is 4.31 Å². The van der Waals surface area contributed by atoms with Crippen molar-refractivity contribution in [3.05, 3.63) is 58.6 Å². The number of sulfonamides is 1. The third-order valence-electron chi connectivity index (χ3n) is 4.79. The molecule has 0 aromatic heterocycles. The number of amides is 1. The van der Waals surface area contributed by atoms with Crippen LogP contribution in [0.5, 0.6) is 5.75 Å². The molecule has 2 aromatic carbocycles. The van der Waals surface area contributed by atoms with Crippen molar-refractivity contribution >= 4 is 27.3 Å². The molecule has 10 heteroatoms. The van der Waals surface area contributed by atoms with Gasteiger partial charge >= 0.3 is 0 Å². The van der Waals surface area contributed by atoms with E-state index in [9.17, 15) is 23.3 Å². The summed E-state index contributed by atoms with van der Waals surface area (Å²) in [5, 5.41) is 13.6. The van der Waals surface area contributed by atoms with Gasteiger partial charge in [0, 0.05) is 19.2 Å². The van der Waals surface area contributed by atoms with E-state index in [0.717, 1.165) is 0 Å². The Morgan fingerprint density at radius 1 is 1.24 bits per heavy atom. The zero-order valence-corrected chi connectivity index (χ0v) is 16.6. The van der Waals surface area contributed by atoms with Crippen molar-refractivity contribution in [2.45, 2.75) is 17.7 Å². The number of nitrogens with zero attached hydrogens (tertiary/aromatic N) is 2. The number of benzene rings is 2. The maximum Gasteiger partial charge on any atom is 0.273 e. The highest BCUT2D eigenvalue weighted by molar-refractivity contribution is 7.89. The summed E-state index contributed by atoms with van der Waals surface area (Å²) < 4.78 is 32.1. The first-order valence-electron chi connectivity index (χ1n) is 9.01. The van der Waals surface area contributed by atoms with Crippen LogP contribution in [-0.4, -0.2) is 43.8 Å². The number of anilines is 1. The fraction of sp³-hybridized carbons (Fsp3) is 0.316. The van der Waals surface area contributed by atoms with Crippen LogP contribution >= 0.6 is 0 Å². The second-order valence-electron chi connectivity index (χ2n) is 6.65. The fourth-order valence-corrected chi connectivity index (χ4v) is 4.79. The number of hydrogen-bond acceptors (Lipinski definition) is 6. The van der Waals surface area contributed by atoms with E-state index in [4.69, 9.17) is 4.74 Å². The summed E-state index contributed by atoms with van der Waals surface area (Å²) >= 11 is 0. The summed E-state index contributed by atoms with van der Waals surface area (Å²) in [5.74, 6) is -0.732. The molecule has 1 fully saturated rings. The van der Waals surface area contributed by atoms with Crippen molar-refractivity contribution in [2.75, 3.05) is 25.5 Å². The number of ether oxygens (including phenoxy) is 1. The van der Waals surface area contributed by atoms with E-state index >= 15 is 0 Å². The fourth-order valence-electron chi connectivity index (χ4n) is 3.25. The van der Waals surface area contributed by atoms with E-state index in [2.05, 4.69) is 5.32 Å². The van der Waals surface area contributed by atoms with Gasteiger partial charge in [-0.05, 0) is 31.0 Å². The van der Waals surface area contributed by atoms with E-state index in [1.807, 2.05) is 0 Å². The van der Waals surface area contributed by atoms with E-state index in [0.29, 0.717) is 25.1 Å². The molecule has 1 saturated heterocycles. The Morgan fingerprint density at radius 3 is 2.62 bits per heavy atom. The van der Waals surface area contributed by atoms with E-state index in [-0.39, 0.29) is 28.8 Å². The van der Waals surface area contributed by atoms with Crippen LogP contribution in [0.1, 0.15) is 12.8 Å². The summed E-state index contributed by atoms with van der Waals surface area (Å²) in [6.07, 6.45) is 1.10. The van der Waals surface area contributed by atoms with Gasteiger partial charge in [0.1, 0.15) is 5.75 Å². The quantitative estimate of drug-likeness (QED) is 0.568. The van der Waals surface area contributed by atoms with E-state index < -0.39 is 20.9 Å². The smallest absolute Gasteiger partial charge is 0.273 e. The van der Waals surface area contributed by atoms with Gasteiger partial charge in [0.25, 0.3) is 5.69 Å². The van der Waals surface area contributed by atoms with Crippen LogP contribution < -0.4 is 10.1 Å². The molecule has 1 amide bonds. The summed E-state index contributed by atoms with van der Waals surface area (Å²) in [5.41, 5.74) is 0.142. The normalized spacial score (nSPS) is 17.5. The highest BCUT2D eigenvalue weighted by Crippen LogP contribution is 2.30. The number of nitro benzene ring substituents is 1. The SMILES string of the molecule is COc1cc([N+](=O)[O-])ccc1NC(=O)C1CCCN(S(=O)(=O)c2ccccc2)C1. The van der Waals surface area contributed by atoms with Gasteiger partial charge in [-0.2, -0.15) is 4.31 Å². The Labute approximate surface area is 168 Å². The molecule has 29 heavy (non-hydrogen) atoms. The van der Waals surface area contributed by atoms with Crippen molar-refractivity contribution in [3.63, 3.8) is 0 Å². The Morgan fingerprint density at radius 2 is 1.97 bits per heavy atom. The minimum Gasteiger partial charge on any atom is -0.494 e. The van der Waals surface area contributed by atoms with Crippen LogP contribution in [0.4, 0.5) is 11.4 Å². The zero-order chi connectivity index (χ0) is 21.0. The molecule has 1 atom stereocenters. The number of carbonyl (C=O) groups excluding carboxylic acids is 1. The lowest BCUT2D eigenvalue weighted by atomic mass is 9.98. The highest BCUT2D eigenvalue weighted by atomic mass is 32.2. The van der Waals surface area contributed by atoms with Gasteiger partial charge in [0.15, 0.2) is 0 Å². The molecular formula is C19H21N3O6S. The molecule has 0 bridgehead atoms. The molecule has 1 heterocycles. The lowest BCUT2D eigenvalue weighted by Crippen LogP contribution is -2.43. The lowest BCUT2D eigenvalue weighted by Gasteiger charge is -2.31. The zero-order valence-electron chi connectivity index (χ0n) is 15.8. The summed E-state index contributed by atoms with van der Waals surface area (Å²) in [6, 6.07) is 12.0. The summed E-state index contributed by atoms with van der Waals surface area (Å²) in [7, 11) is -2.32. The lowest BCUT2D eigenvalue weighted by molar-refractivity contribution is -0.384. The van der Waals surface area contributed by atoms with Gasteiger partial charge in [0.2, 0.25) is 15.9 Å². The number of non-ortho nitro benzene ring substituents is 1. The molecule has 0 aliphatic carbocycles. The first-order chi connectivity index (χ1) is 13.8. The first kappa shape index (κ1) is 20.7. The van der Waals surface area contributed by atoms with Gasteiger partial charge in [-0.1, -0.05) is 18.2 Å². The van der Waals surface area contributed by atoms with Gasteiger partial charge in [-0.25, -0.2) is 8.42 Å². The largest absolute Gasteiger partial charge is 0.494 e. The van der Waals surface area contributed by atoms with Gasteiger partial charge in [-0.3, -0.25) is 14.9 Å². The monoisotopic (exact) mass is 419 g/mol. The summed E-state index contributed by atoms with van der Waals surface area (Å²) in [4.78, 5) is 23.3. The number of nitrogens with one attached hydrogen (secondary N) is 1. The molecule has 154 valence electrons. The number of rotatable bonds is 6. The minimum atomic E-state index is -3.68. The molecule has 0 saturated carbocycles. The third kappa shape index (κ3) is 4.54. The maximum absolute atomic E-state index is 12.8. The molecule has 0 radical (unpaired) electrons.